The summed E-state index contributed by atoms with van der Waals surface area (Å²) in [7, 11) is 1.58. The lowest BCUT2D eigenvalue weighted by Crippen LogP contribution is -2.14. The van der Waals surface area contributed by atoms with Gasteiger partial charge in [-0.25, -0.2) is 0 Å². The van der Waals surface area contributed by atoms with Crippen molar-refractivity contribution in [3.8, 4) is 5.75 Å². The fraction of sp³-hybridized carbons (Fsp3) is 0.133. The topological polar surface area (TPSA) is 38.3 Å². The summed E-state index contributed by atoms with van der Waals surface area (Å²) in [6, 6.07) is 12.4. The van der Waals surface area contributed by atoms with E-state index in [2.05, 4.69) is 5.32 Å². The number of amides is 1. The third kappa shape index (κ3) is 3.65. The largest absolute Gasteiger partial charge is 0.496 e. The van der Waals surface area contributed by atoms with Gasteiger partial charge in [-0.2, -0.15) is 0 Å². The van der Waals surface area contributed by atoms with Crippen molar-refractivity contribution in [1.29, 1.82) is 0 Å². The van der Waals surface area contributed by atoms with Crippen molar-refractivity contribution < 1.29 is 9.53 Å². The van der Waals surface area contributed by atoms with E-state index < -0.39 is 0 Å². The van der Waals surface area contributed by atoms with Crippen molar-refractivity contribution in [2.24, 2.45) is 0 Å². The molecule has 0 aliphatic rings. The van der Waals surface area contributed by atoms with E-state index in [0.717, 1.165) is 5.56 Å². The third-order valence-corrected chi connectivity index (χ3v) is 3.49. The van der Waals surface area contributed by atoms with Crippen LogP contribution < -0.4 is 10.1 Å². The molecule has 2 rings (SSSR count). The van der Waals surface area contributed by atoms with Gasteiger partial charge in [-0.1, -0.05) is 41.4 Å². The lowest BCUT2D eigenvalue weighted by molar-refractivity contribution is -0.115. The first-order valence-corrected chi connectivity index (χ1v) is 6.72. The van der Waals surface area contributed by atoms with Crippen LogP contribution in [0.25, 0.3) is 0 Å². The molecule has 3 nitrogen and oxygen atoms in total. The molecule has 0 aromatic heterocycles. The van der Waals surface area contributed by atoms with E-state index in [1.54, 1.807) is 25.3 Å². The van der Waals surface area contributed by atoms with Gasteiger partial charge in [-0.3, -0.25) is 4.79 Å². The molecular formula is C15H13Cl2NO2. The molecule has 0 unspecified atom stereocenters. The minimum absolute atomic E-state index is 0.145. The monoisotopic (exact) mass is 309 g/mol. The molecular weight excluding hydrogens is 297 g/mol. The molecule has 2 aromatic carbocycles. The second-order valence-corrected chi connectivity index (χ2v) is 4.98. The zero-order chi connectivity index (χ0) is 14.5. The summed E-state index contributed by atoms with van der Waals surface area (Å²) >= 11 is 11.7. The maximum Gasteiger partial charge on any atom is 0.228 e. The molecule has 5 heteroatoms. The smallest absolute Gasteiger partial charge is 0.228 e. The fourth-order valence-corrected chi connectivity index (χ4v) is 2.10. The number of benzene rings is 2. The molecule has 0 aliphatic heterocycles. The van der Waals surface area contributed by atoms with Gasteiger partial charge < -0.3 is 10.1 Å². The van der Waals surface area contributed by atoms with Crippen molar-refractivity contribution in [3.63, 3.8) is 0 Å². The number of halogens is 2. The van der Waals surface area contributed by atoms with Crippen molar-refractivity contribution in [2.75, 3.05) is 12.4 Å². The van der Waals surface area contributed by atoms with Gasteiger partial charge in [0.05, 0.1) is 23.6 Å². The van der Waals surface area contributed by atoms with Crippen LogP contribution >= 0.6 is 23.2 Å². The quantitative estimate of drug-likeness (QED) is 0.920. The van der Waals surface area contributed by atoms with Crippen LogP contribution in [0.2, 0.25) is 10.0 Å². The zero-order valence-corrected chi connectivity index (χ0v) is 12.3. The predicted octanol–water partition coefficient (Wildman–Crippen LogP) is 4.18. The van der Waals surface area contributed by atoms with Crippen LogP contribution in [0.5, 0.6) is 5.75 Å². The van der Waals surface area contributed by atoms with Crippen molar-refractivity contribution in [2.45, 2.75) is 6.42 Å². The van der Waals surface area contributed by atoms with E-state index in [0.29, 0.717) is 21.5 Å². The Morgan fingerprint density at radius 1 is 1.15 bits per heavy atom. The van der Waals surface area contributed by atoms with Gasteiger partial charge in [0.15, 0.2) is 0 Å². The lowest BCUT2D eigenvalue weighted by Gasteiger charge is -2.09. The Bertz CT molecular complexity index is 629. The zero-order valence-electron chi connectivity index (χ0n) is 10.8. The van der Waals surface area contributed by atoms with E-state index in [4.69, 9.17) is 27.9 Å². The summed E-state index contributed by atoms with van der Waals surface area (Å²) in [4.78, 5) is 12.0. The van der Waals surface area contributed by atoms with Gasteiger partial charge >= 0.3 is 0 Å². The Hall–Kier alpha value is -1.71. The van der Waals surface area contributed by atoms with Crippen LogP contribution in [0.15, 0.2) is 42.5 Å². The molecule has 0 radical (unpaired) electrons. The van der Waals surface area contributed by atoms with Crippen molar-refractivity contribution in [3.05, 3.63) is 58.1 Å². The number of hydrogen-bond donors (Lipinski definition) is 1. The van der Waals surface area contributed by atoms with Gasteiger partial charge in [0.1, 0.15) is 5.75 Å². The molecule has 0 saturated heterocycles. The molecule has 0 bridgehead atoms. The van der Waals surface area contributed by atoms with Gasteiger partial charge in [-0.15, -0.1) is 0 Å². The summed E-state index contributed by atoms with van der Waals surface area (Å²) in [5, 5.41) is 3.63. The average Bonchev–Trinajstić information content (AvgIpc) is 2.43. The van der Waals surface area contributed by atoms with Crippen molar-refractivity contribution in [1.82, 2.24) is 0 Å². The summed E-state index contributed by atoms with van der Waals surface area (Å²) < 4.78 is 5.21. The first kappa shape index (κ1) is 14.7. The number of rotatable bonds is 4. The highest BCUT2D eigenvalue weighted by Gasteiger charge is 2.09. The highest BCUT2D eigenvalue weighted by molar-refractivity contribution is 6.42. The molecule has 0 fully saturated rings. The number of carbonyl (C=O) groups excluding carboxylic acids is 1. The van der Waals surface area contributed by atoms with Crippen LogP contribution in [0.3, 0.4) is 0 Å². The molecule has 1 amide bonds. The van der Waals surface area contributed by atoms with E-state index in [-0.39, 0.29) is 12.3 Å². The molecule has 0 saturated carbocycles. The predicted molar refractivity (Wildman–Crippen MR) is 81.8 cm³/mol. The summed E-state index contributed by atoms with van der Waals surface area (Å²) in [5.74, 6) is 0.546. The van der Waals surface area contributed by atoms with E-state index in [1.807, 2.05) is 24.3 Å². The maximum atomic E-state index is 12.0. The molecule has 20 heavy (non-hydrogen) atoms. The first-order chi connectivity index (χ1) is 9.60. The molecule has 2 aromatic rings. The van der Waals surface area contributed by atoms with Crippen LogP contribution in [0, 0.1) is 0 Å². The number of nitrogens with one attached hydrogen (secondary N) is 1. The number of methoxy groups -OCH3 is 1. The van der Waals surface area contributed by atoms with Gasteiger partial charge in [0.25, 0.3) is 0 Å². The number of anilines is 1. The first-order valence-electron chi connectivity index (χ1n) is 5.97. The number of ether oxygens (including phenoxy) is 1. The van der Waals surface area contributed by atoms with Gasteiger partial charge in [0, 0.05) is 11.3 Å². The summed E-state index contributed by atoms with van der Waals surface area (Å²) in [6.07, 6.45) is 0.226. The number of para-hydroxylation sites is 1. The molecule has 104 valence electrons. The van der Waals surface area contributed by atoms with E-state index in [1.165, 1.54) is 0 Å². The highest BCUT2D eigenvalue weighted by Crippen LogP contribution is 2.25. The maximum absolute atomic E-state index is 12.0. The Kier molecular flexibility index (Phi) is 4.88. The van der Waals surface area contributed by atoms with Crippen LogP contribution in [0.1, 0.15) is 5.56 Å². The average molecular weight is 310 g/mol. The summed E-state index contributed by atoms with van der Waals surface area (Å²) in [5.41, 5.74) is 1.44. The molecule has 0 heterocycles. The van der Waals surface area contributed by atoms with Crippen LogP contribution in [0.4, 0.5) is 5.69 Å². The molecule has 0 aliphatic carbocycles. The van der Waals surface area contributed by atoms with Crippen LogP contribution in [-0.4, -0.2) is 13.0 Å². The second kappa shape index (κ2) is 6.64. The highest BCUT2D eigenvalue weighted by atomic mass is 35.5. The normalized spacial score (nSPS) is 10.2. The Morgan fingerprint density at radius 3 is 2.60 bits per heavy atom. The Labute approximate surface area is 127 Å². The Morgan fingerprint density at radius 2 is 1.90 bits per heavy atom. The number of hydrogen-bond acceptors (Lipinski definition) is 2. The van der Waals surface area contributed by atoms with Crippen LogP contribution in [-0.2, 0) is 11.2 Å². The van der Waals surface area contributed by atoms with Gasteiger partial charge in [0.2, 0.25) is 5.91 Å². The molecule has 1 N–H and O–H groups in total. The lowest BCUT2D eigenvalue weighted by atomic mass is 10.1. The molecule has 0 spiro atoms. The van der Waals surface area contributed by atoms with E-state index >= 15 is 0 Å². The standard InChI is InChI=1S/C15H13Cl2NO2/c1-20-14-5-3-2-4-10(14)8-15(19)18-11-6-7-12(16)13(17)9-11/h2-7,9H,8H2,1H3,(H,18,19). The molecule has 0 atom stereocenters. The number of carbonyl (C=O) groups is 1. The fourth-order valence-electron chi connectivity index (χ4n) is 1.80. The third-order valence-electron chi connectivity index (χ3n) is 2.75. The minimum Gasteiger partial charge on any atom is -0.496 e. The van der Waals surface area contributed by atoms with E-state index in [9.17, 15) is 4.79 Å². The van der Waals surface area contributed by atoms with Crippen molar-refractivity contribution >= 4 is 34.8 Å². The Balaban J connectivity index is 2.07. The SMILES string of the molecule is COc1ccccc1CC(=O)Nc1ccc(Cl)c(Cl)c1. The second-order valence-electron chi connectivity index (χ2n) is 4.17. The minimum atomic E-state index is -0.145. The summed E-state index contributed by atoms with van der Waals surface area (Å²) in [6.45, 7) is 0. The van der Waals surface area contributed by atoms with Gasteiger partial charge in [-0.05, 0) is 24.3 Å².